The number of carbonyl (C=O) groups excluding carboxylic acids is 1. The largest absolute Gasteiger partial charge is 0.480 e. The second kappa shape index (κ2) is 9.79. The number of likely N-dealkylation sites (N-methyl/N-ethyl adjacent to an activating group) is 1. The number of carboxylic acid groups (broad SMARTS) is 1. The van der Waals surface area contributed by atoms with Crippen LogP contribution in [0.2, 0.25) is 0 Å². The molecule has 2 N–H and O–H groups in total. The molecule has 1 saturated heterocycles. The maximum atomic E-state index is 12.2. The summed E-state index contributed by atoms with van der Waals surface area (Å²) >= 11 is 1.62. The fraction of sp³-hybridized carbons (Fsp3) is 0.556. The van der Waals surface area contributed by atoms with E-state index in [1.807, 2.05) is 42.5 Å². The van der Waals surface area contributed by atoms with Gasteiger partial charge in [-0.2, -0.15) is 0 Å². The average molecular weight is 365 g/mol. The number of amides is 1. The van der Waals surface area contributed by atoms with Crippen molar-refractivity contribution < 1.29 is 14.7 Å². The second-order valence-corrected chi connectivity index (χ2v) is 7.23. The molecule has 0 atom stereocenters. The third kappa shape index (κ3) is 6.34. The van der Waals surface area contributed by atoms with E-state index < -0.39 is 5.97 Å². The van der Waals surface area contributed by atoms with Crippen molar-refractivity contribution in [3.8, 4) is 0 Å². The zero-order chi connectivity index (χ0) is 18.2. The summed E-state index contributed by atoms with van der Waals surface area (Å²) in [5.74, 6) is -0.751. The van der Waals surface area contributed by atoms with E-state index in [0.717, 1.165) is 43.1 Å². The van der Waals surface area contributed by atoms with Crippen LogP contribution in [0.1, 0.15) is 19.3 Å². The number of hydrogen-bond acceptors (Lipinski definition) is 5. The molecule has 1 fully saturated rings. The van der Waals surface area contributed by atoms with Crippen LogP contribution in [0.15, 0.2) is 29.2 Å². The average Bonchev–Trinajstić information content (AvgIpc) is 2.60. The number of rotatable bonds is 8. The zero-order valence-electron chi connectivity index (χ0n) is 14.9. The molecule has 0 spiro atoms. The van der Waals surface area contributed by atoms with Crippen LogP contribution in [0.5, 0.6) is 0 Å². The summed E-state index contributed by atoms with van der Waals surface area (Å²) in [6, 6.07) is 8.13. The Labute approximate surface area is 153 Å². The minimum atomic E-state index is -0.785. The second-order valence-electron chi connectivity index (χ2n) is 6.38. The predicted molar refractivity (Wildman–Crippen MR) is 101 cm³/mol. The quantitative estimate of drug-likeness (QED) is 0.688. The number of benzene rings is 1. The third-order valence-electron chi connectivity index (χ3n) is 4.60. The molecule has 1 aromatic carbocycles. The van der Waals surface area contributed by atoms with Crippen molar-refractivity contribution in [1.29, 1.82) is 0 Å². The Kier molecular flexibility index (Phi) is 7.74. The van der Waals surface area contributed by atoms with Crippen molar-refractivity contribution in [1.82, 2.24) is 9.80 Å². The van der Waals surface area contributed by atoms with E-state index in [0.29, 0.717) is 12.5 Å². The highest BCUT2D eigenvalue weighted by Gasteiger charge is 2.23. The van der Waals surface area contributed by atoms with E-state index >= 15 is 0 Å². The number of para-hydroxylation sites is 1. The van der Waals surface area contributed by atoms with Crippen molar-refractivity contribution in [2.75, 3.05) is 44.8 Å². The summed E-state index contributed by atoms with van der Waals surface area (Å²) in [6.45, 7) is 2.64. The van der Waals surface area contributed by atoms with Crippen LogP contribution in [0, 0.1) is 0 Å². The summed E-state index contributed by atoms with van der Waals surface area (Å²) in [6.07, 6.45) is 4.36. The van der Waals surface area contributed by atoms with Crippen LogP contribution in [-0.2, 0) is 9.59 Å². The molecule has 0 saturated carbocycles. The summed E-state index contributed by atoms with van der Waals surface area (Å²) in [7, 11) is 1.87. The minimum Gasteiger partial charge on any atom is -0.480 e. The molecule has 1 aromatic rings. The number of carboxylic acids is 1. The van der Waals surface area contributed by atoms with E-state index in [-0.39, 0.29) is 12.5 Å². The summed E-state index contributed by atoms with van der Waals surface area (Å²) in [4.78, 5) is 28.2. The van der Waals surface area contributed by atoms with Gasteiger partial charge >= 0.3 is 5.97 Å². The predicted octanol–water partition coefficient (Wildman–Crippen LogP) is 2.22. The molecule has 138 valence electrons. The van der Waals surface area contributed by atoms with Gasteiger partial charge in [0, 0.05) is 23.9 Å². The van der Waals surface area contributed by atoms with Gasteiger partial charge < -0.3 is 15.3 Å². The first-order chi connectivity index (χ1) is 12.0. The van der Waals surface area contributed by atoms with Gasteiger partial charge in [-0.25, -0.2) is 0 Å². The van der Waals surface area contributed by atoms with Gasteiger partial charge in [-0.1, -0.05) is 12.1 Å². The van der Waals surface area contributed by atoms with Gasteiger partial charge in [-0.3, -0.25) is 14.5 Å². The lowest BCUT2D eigenvalue weighted by atomic mass is 10.0. The molecule has 6 nitrogen and oxygen atoms in total. The molecular weight excluding hydrogens is 338 g/mol. The van der Waals surface area contributed by atoms with Crippen LogP contribution in [0.25, 0.3) is 0 Å². The fourth-order valence-electron chi connectivity index (χ4n) is 3.15. The number of piperidine rings is 1. The van der Waals surface area contributed by atoms with Gasteiger partial charge in [0.25, 0.3) is 0 Å². The molecule has 0 radical (unpaired) electrons. The number of nitrogens with one attached hydrogen (secondary N) is 1. The van der Waals surface area contributed by atoms with Crippen LogP contribution in [-0.4, -0.2) is 72.3 Å². The first-order valence-electron chi connectivity index (χ1n) is 8.57. The Bertz CT molecular complexity index is 589. The van der Waals surface area contributed by atoms with E-state index in [2.05, 4.69) is 10.2 Å². The monoisotopic (exact) mass is 365 g/mol. The summed E-state index contributed by atoms with van der Waals surface area (Å²) in [5.41, 5.74) is 0.869. The van der Waals surface area contributed by atoms with Crippen molar-refractivity contribution >= 4 is 29.3 Å². The van der Waals surface area contributed by atoms with Crippen molar-refractivity contribution in [2.45, 2.75) is 30.2 Å². The van der Waals surface area contributed by atoms with Gasteiger partial charge in [-0.15, -0.1) is 11.8 Å². The third-order valence-corrected chi connectivity index (χ3v) is 5.40. The van der Waals surface area contributed by atoms with Crippen molar-refractivity contribution in [3.05, 3.63) is 24.3 Å². The number of aliphatic carboxylic acids is 1. The molecule has 1 amide bonds. The minimum absolute atomic E-state index is 0.0339. The van der Waals surface area contributed by atoms with Crippen molar-refractivity contribution in [3.63, 3.8) is 0 Å². The van der Waals surface area contributed by atoms with Gasteiger partial charge in [0.15, 0.2) is 0 Å². The SMILES string of the molecule is CSc1ccccc1NC(=O)CCN1CCC(N(C)CC(=O)O)CC1. The Morgan fingerprint density at radius 2 is 2.00 bits per heavy atom. The van der Waals surface area contributed by atoms with Crippen LogP contribution in [0.3, 0.4) is 0 Å². The number of likely N-dealkylation sites (tertiary alicyclic amines) is 1. The highest BCUT2D eigenvalue weighted by molar-refractivity contribution is 7.98. The topological polar surface area (TPSA) is 72.9 Å². The van der Waals surface area contributed by atoms with Crippen LogP contribution < -0.4 is 5.32 Å². The van der Waals surface area contributed by atoms with Crippen molar-refractivity contribution in [2.24, 2.45) is 0 Å². The lowest BCUT2D eigenvalue weighted by Gasteiger charge is -2.36. The highest BCUT2D eigenvalue weighted by atomic mass is 32.2. The molecule has 1 aliphatic heterocycles. The molecular formula is C18H27N3O3S. The number of carbonyl (C=O) groups is 2. The first-order valence-corrected chi connectivity index (χ1v) is 9.79. The summed E-state index contributed by atoms with van der Waals surface area (Å²) < 4.78 is 0. The smallest absolute Gasteiger partial charge is 0.317 e. The fourth-order valence-corrected chi connectivity index (χ4v) is 3.70. The Balaban J connectivity index is 1.72. The molecule has 25 heavy (non-hydrogen) atoms. The summed E-state index contributed by atoms with van der Waals surface area (Å²) in [5, 5.41) is 11.9. The normalized spacial score (nSPS) is 16.1. The molecule has 2 rings (SSSR count). The van der Waals surface area contributed by atoms with Crippen LogP contribution in [0.4, 0.5) is 5.69 Å². The van der Waals surface area contributed by atoms with Crippen LogP contribution >= 0.6 is 11.8 Å². The van der Waals surface area contributed by atoms with Gasteiger partial charge in [0.1, 0.15) is 0 Å². The molecule has 0 bridgehead atoms. The number of hydrogen-bond donors (Lipinski definition) is 2. The molecule has 1 heterocycles. The molecule has 0 aromatic heterocycles. The Morgan fingerprint density at radius 3 is 2.64 bits per heavy atom. The molecule has 1 aliphatic rings. The zero-order valence-corrected chi connectivity index (χ0v) is 15.7. The maximum absolute atomic E-state index is 12.2. The lowest BCUT2D eigenvalue weighted by molar-refractivity contribution is -0.138. The van der Waals surface area contributed by atoms with E-state index in [1.54, 1.807) is 11.8 Å². The molecule has 0 unspecified atom stereocenters. The van der Waals surface area contributed by atoms with E-state index in [9.17, 15) is 9.59 Å². The number of thioether (sulfide) groups is 1. The Hall–Kier alpha value is -1.57. The van der Waals surface area contributed by atoms with E-state index in [1.165, 1.54) is 0 Å². The van der Waals surface area contributed by atoms with E-state index in [4.69, 9.17) is 5.11 Å². The first kappa shape index (κ1) is 19.8. The molecule has 7 heteroatoms. The number of nitrogens with zero attached hydrogens (tertiary/aromatic N) is 2. The maximum Gasteiger partial charge on any atom is 0.317 e. The number of anilines is 1. The highest BCUT2D eigenvalue weighted by Crippen LogP contribution is 2.24. The van der Waals surface area contributed by atoms with Gasteiger partial charge in [-0.05, 0) is 51.4 Å². The molecule has 0 aliphatic carbocycles. The Morgan fingerprint density at radius 1 is 1.32 bits per heavy atom. The van der Waals surface area contributed by atoms with Gasteiger partial charge in [0.05, 0.1) is 12.2 Å². The van der Waals surface area contributed by atoms with Gasteiger partial charge in [0.2, 0.25) is 5.91 Å². The lowest BCUT2D eigenvalue weighted by Crippen LogP contribution is -2.45. The standard InChI is InChI=1S/C18H27N3O3S/c1-20(13-18(23)24)14-7-10-21(11-8-14)12-9-17(22)19-15-5-3-4-6-16(15)25-2/h3-6,14H,7-13H2,1-2H3,(H,19,22)(H,23,24).